The highest BCUT2D eigenvalue weighted by Crippen LogP contribution is 2.41. The molecule has 19 heteroatoms. The number of thiazole rings is 1. The number of anilines is 1. The average molecular weight is 565 g/mol. The number of carbonyl (C=O) groups is 3. The van der Waals surface area contributed by atoms with Gasteiger partial charge < -0.3 is 21.0 Å². The number of H-pyrrole nitrogens is 1. The van der Waals surface area contributed by atoms with Gasteiger partial charge >= 0.3 is 12.1 Å². The Morgan fingerprint density at radius 2 is 2.19 bits per heavy atom. The lowest BCUT2D eigenvalue weighted by Gasteiger charge is -2.49. The number of nitrogens with zero attached hydrogens (tertiary/aromatic N) is 5. The molecule has 1 fully saturated rings. The van der Waals surface area contributed by atoms with E-state index in [1.807, 2.05) is 0 Å². The second-order valence-electron chi connectivity index (χ2n) is 7.06. The van der Waals surface area contributed by atoms with Crippen molar-refractivity contribution in [2.75, 3.05) is 24.3 Å². The van der Waals surface area contributed by atoms with E-state index in [0.29, 0.717) is 5.57 Å². The normalized spacial score (nSPS) is 20.2. The largest absolute Gasteiger partial charge is 0.477 e. The maximum Gasteiger partial charge on any atom is 0.451 e. The third kappa shape index (κ3) is 4.98. The molecule has 0 aliphatic carbocycles. The number of rotatable bonds is 8. The number of alkyl halides is 3. The van der Waals surface area contributed by atoms with Gasteiger partial charge in [-0.1, -0.05) is 16.9 Å². The Bertz CT molecular complexity index is 1280. The second-order valence-corrected chi connectivity index (χ2v) is 10.0. The Kier molecular flexibility index (Phi) is 7.14. The quantitative estimate of drug-likeness (QED) is 0.153. The van der Waals surface area contributed by atoms with E-state index in [2.05, 4.69) is 30.4 Å². The van der Waals surface area contributed by atoms with E-state index in [1.165, 1.54) is 24.3 Å². The predicted molar refractivity (Wildman–Crippen MR) is 122 cm³/mol. The summed E-state index contributed by atoms with van der Waals surface area (Å²) in [5.41, 5.74) is 5.52. The zero-order chi connectivity index (χ0) is 26.2. The summed E-state index contributed by atoms with van der Waals surface area (Å²) in [7, 11) is 1.22. The lowest BCUT2D eigenvalue weighted by molar-refractivity contribution is -0.150. The van der Waals surface area contributed by atoms with Gasteiger partial charge in [-0.2, -0.15) is 18.2 Å². The summed E-state index contributed by atoms with van der Waals surface area (Å²) in [5.74, 6) is -4.02. The Hall–Kier alpha value is -3.32. The number of hydrogen-bond donors (Lipinski definition) is 4. The third-order valence-electron chi connectivity index (χ3n) is 4.81. The van der Waals surface area contributed by atoms with Gasteiger partial charge in [0.25, 0.3) is 11.8 Å². The van der Waals surface area contributed by atoms with E-state index in [4.69, 9.17) is 5.73 Å². The van der Waals surface area contributed by atoms with Crippen LogP contribution in [0, 0.1) is 0 Å². The van der Waals surface area contributed by atoms with Gasteiger partial charge in [0, 0.05) is 16.9 Å². The summed E-state index contributed by atoms with van der Waals surface area (Å²) in [4.78, 5) is 50.6. The fourth-order valence-corrected chi connectivity index (χ4v) is 6.12. The molecule has 4 rings (SSSR count). The number of nitrogens with one attached hydrogen (secondary N) is 2. The van der Waals surface area contributed by atoms with Crippen molar-refractivity contribution in [3.63, 3.8) is 0 Å². The van der Waals surface area contributed by atoms with Crippen LogP contribution in [0.3, 0.4) is 0 Å². The number of carbonyl (C=O) groups excluding carboxylic acids is 2. The molecule has 2 amide bonds. The smallest absolute Gasteiger partial charge is 0.451 e. The van der Waals surface area contributed by atoms with Gasteiger partial charge in [0.05, 0.1) is 0 Å². The number of amides is 2. The highest BCUT2D eigenvalue weighted by molar-refractivity contribution is 8.01. The van der Waals surface area contributed by atoms with Crippen LogP contribution in [0.25, 0.3) is 0 Å². The minimum absolute atomic E-state index is 0.0623. The molecule has 13 nitrogen and oxygen atoms in total. The summed E-state index contributed by atoms with van der Waals surface area (Å²) in [5, 5.41) is 21.9. The maximum atomic E-state index is 12.8. The number of halogens is 3. The molecule has 2 atom stereocenters. The molecule has 4 heterocycles. The first-order chi connectivity index (χ1) is 17.0. The van der Waals surface area contributed by atoms with Crippen LogP contribution in [0.5, 0.6) is 0 Å². The molecule has 2 aliphatic heterocycles. The van der Waals surface area contributed by atoms with E-state index >= 15 is 0 Å². The first-order valence-electron chi connectivity index (χ1n) is 9.67. The fraction of sp³-hybridized carbons (Fsp3) is 0.353. The number of aromatic amines is 1. The second kappa shape index (κ2) is 9.97. The van der Waals surface area contributed by atoms with E-state index in [-0.39, 0.29) is 38.9 Å². The van der Waals surface area contributed by atoms with Gasteiger partial charge in [0.15, 0.2) is 10.8 Å². The van der Waals surface area contributed by atoms with Gasteiger partial charge in [-0.25, -0.2) is 9.78 Å². The number of aliphatic carboxylic acids is 1. The van der Waals surface area contributed by atoms with Gasteiger partial charge in [-0.15, -0.1) is 28.2 Å². The molecule has 0 aromatic carbocycles. The van der Waals surface area contributed by atoms with E-state index < -0.39 is 41.2 Å². The number of nitrogens with two attached hydrogens (primary N) is 1. The molecule has 0 spiro atoms. The van der Waals surface area contributed by atoms with Crippen molar-refractivity contribution in [3.05, 3.63) is 28.2 Å². The zero-order valence-corrected chi connectivity index (χ0v) is 20.3. The fourth-order valence-electron chi connectivity index (χ4n) is 3.29. The average Bonchev–Trinajstić information content (AvgIpc) is 3.47. The van der Waals surface area contributed by atoms with Crippen LogP contribution >= 0.6 is 34.9 Å². The lowest BCUT2D eigenvalue weighted by Crippen LogP contribution is -2.71. The summed E-state index contributed by atoms with van der Waals surface area (Å²) >= 11 is 3.05. The van der Waals surface area contributed by atoms with Crippen molar-refractivity contribution in [3.8, 4) is 0 Å². The minimum atomic E-state index is -4.70. The van der Waals surface area contributed by atoms with Crippen LogP contribution in [0.15, 0.2) is 27.0 Å². The Morgan fingerprint density at radius 3 is 2.78 bits per heavy atom. The molecule has 2 aromatic heterocycles. The Balaban J connectivity index is 1.47. The van der Waals surface area contributed by atoms with Crippen LogP contribution < -0.4 is 11.1 Å². The van der Waals surface area contributed by atoms with Crippen molar-refractivity contribution >= 4 is 63.5 Å². The molecular formula is C17H15F3N8O5S3. The van der Waals surface area contributed by atoms with Crippen molar-refractivity contribution < 1.29 is 37.5 Å². The SMILES string of the molecule is CO/N=C(/C(=O)N[C@@H]1C(=O)N2C(C(=O)O)=C(CSc3n[nH]c(C(F)(F)F)n3)CS[C@H]12)c1csc(N)n1. The Morgan fingerprint density at radius 1 is 1.44 bits per heavy atom. The van der Waals surface area contributed by atoms with Gasteiger partial charge in [-0.05, 0) is 5.57 Å². The van der Waals surface area contributed by atoms with E-state index in [9.17, 15) is 32.7 Å². The van der Waals surface area contributed by atoms with Crippen LogP contribution in [0.2, 0.25) is 0 Å². The first kappa shape index (κ1) is 25.8. The highest BCUT2D eigenvalue weighted by Gasteiger charge is 2.54. The number of fused-ring (bicyclic) bond motifs is 1. The highest BCUT2D eigenvalue weighted by atomic mass is 32.2. The number of nitrogen functional groups attached to an aromatic ring is 1. The topological polar surface area (TPSA) is 189 Å². The molecule has 0 bridgehead atoms. The maximum absolute atomic E-state index is 12.8. The number of carboxylic acid groups (broad SMARTS) is 1. The van der Waals surface area contributed by atoms with Crippen molar-refractivity contribution in [2.45, 2.75) is 22.7 Å². The van der Waals surface area contributed by atoms with Gasteiger partial charge in [-0.3, -0.25) is 19.6 Å². The Labute approximate surface area is 211 Å². The van der Waals surface area contributed by atoms with Crippen molar-refractivity contribution in [1.82, 2.24) is 30.4 Å². The number of β-lactam (4-membered cyclic amide) rings is 1. The predicted octanol–water partition coefficient (Wildman–Crippen LogP) is 0.744. The van der Waals surface area contributed by atoms with Crippen molar-refractivity contribution in [1.29, 1.82) is 0 Å². The third-order valence-corrected chi connectivity index (χ3v) is 7.75. The minimum Gasteiger partial charge on any atom is -0.477 e. The number of thioether (sulfide) groups is 2. The monoisotopic (exact) mass is 564 g/mol. The molecule has 2 aliphatic rings. The first-order valence-corrected chi connectivity index (χ1v) is 12.6. The molecule has 36 heavy (non-hydrogen) atoms. The molecular weight excluding hydrogens is 549 g/mol. The van der Waals surface area contributed by atoms with Crippen LogP contribution in [0.4, 0.5) is 18.3 Å². The van der Waals surface area contributed by atoms with Crippen molar-refractivity contribution in [2.24, 2.45) is 5.16 Å². The zero-order valence-electron chi connectivity index (χ0n) is 17.9. The molecule has 5 N–H and O–H groups in total. The lowest BCUT2D eigenvalue weighted by atomic mass is 10.0. The molecule has 192 valence electrons. The molecule has 2 aromatic rings. The number of hydrogen-bond acceptors (Lipinski definition) is 12. The number of carboxylic acids is 1. The van der Waals surface area contributed by atoms with Gasteiger partial charge in [0.1, 0.15) is 29.9 Å². The van der Waals surface area contributed by atoms with Crippen LogP contribution in [-0.2, 0) is 25.4 Å². The number of oxime groups is 1. The summed E-state index contributed by atoms with van der Waals surface area (Å²) in [6.07, 6.45) is -4.70. The summed E-state index contributed by atoms with van der Waals surface area (Å²) in [6, 6.07) is -1.05. The molecule has 0 unspecified atom stereocenters. The van der Waals surface area contributed by atoms with E-state index in [1.54, 1.807) is 5.10 Å². The molecule has 0 saturated carbocycles. The summed E-state index contributed by atoms with van der Waals surface area (Å²) < 4.78 is 38.1. The van der Waals surface area contributed by atoms with Crippen LogP contribution in [0.1, 0.15) is 11.5 Å². The number of aromatic nitrogens is 4. The molecule has 1 saturated heterocycles. The standard InChI is InChI=1S/C17H15F3N8O5S3/c1-33-27-7(6-4-35-15(21)22-6)10(29)23-8-11(30)28-9(13(31)32)5(2-34-12(8)28)3-36-16-24-14(25-26-16)17(18,19)20/h4,8,12H,2-3H2,1H3,(H2,21,22)(H,23,29)(H,31,32)(H,24,25,26)/b27-7+/t8-,12-/m1/s1. The van der Waals surface area contributed by atoms with Gasteiger partial charge in [0.2, 0.25) is 11.0 Å². The summed E-state index contributed by atoms with van der Waals surface area (Å²) in [6.45, 7) is 0. The van der Waals surface area contributed by atoms with E-state index in [0.717, 1.165) is 28.0 Å². The molecule has 0 radical (unpaired) electrons. The van der Waals surface area contributed by atoms with Crippen LogP contribution in [-0.4, -0.2) is 83.7 Å².